The van der Waals surface area contributed by atoms with E-state index in [-0.39, 0.29) is 69.7 Å². The van der Waals surface area contributed by atoms with E-state index in [0.717, 1.165) is 55.8 Å². The van der Waals surface area contributed by atoms with Gasteiger partial charge in [0.15, 0.2) is 31.5 Å². The zero-order valence-corrected chi connectivity index (χ0v) is 77.3. The van der Waals surface area contributed by atoms with Gasteiger partial charge in [0.05, 0.1) is 21.1 Å². The van der Waals surface area contributed by atoms with Crippen LogP contribution in [0.1, 0.15) is 153 Å². The van der Waals surface area contributed by atoms with Crippen LogP contribution in [0.4, 0.5) is 0 Å². The summed E-state index contributed by atoms with van der Waals surface area (Å²) in [5, 5.41) is 6.87. The minimum absolute atomic E-state index is 0. The highest BCUT2D eigenvalue weighted by Crippen LogP contribution is 2.45. The number of carbonyl (C=O) groups is 4. The van der Waals surface area contributed by atoms with E-state index in [9.17, 15) is 19.2 Å². The number of alkyl halides is 4. The number of allylic oxidation sites excluding steroid dienone is 4. The van der Waals surface area contributed by atoms with E-state index < -0.39 is 33.3 Å². The second-order valence-electron chi connectivity index (χ2n) is 30.4. The molecule has 9 rings (SSSR count). The van der Waals surface area contributed by atoms with Crippen LogP contribution in [0.2, 0.25) is 72.5 Å². The van der Waals surface area contributed by atoms with Gasteiger partial charge in [-0.1, -0.05) is 234 Å². The number of imidazole rings is 1. The topological polar surface area (TPSA) is 114 Å². The molecule has 1 heterocycles. The average Bonchev–Trinajstić information content (AvgIpc) is 0.869. The number of hydrogen-bond acceptors (Lipinski definition) is 8. The highest BCUT2D eigenvalue weighted by Gasteiger charge is 2.42. The first-order valence-corrected chi connectivity index (χ1v) is 49.8. The summed E-state index contributed by atoms with van der Waals surface area (Å²) < 4.78 is 29.0. The predicted molar refractivity (Wildman–Crippen MR) is 441 cm³/mol. The molecular weight excluding hydrogens is 1800 g/mol. The van der Waals surface area contributed by atoms with Crippen molar-refractivity contribution in [1.82, 2.24) is 4.57 Å². The molecule has 2 aliphatic rings. The molecule has 0 spiro atoms. The molecule has 7 aromatic rings. The Bertz CT molecular complexity index is 4060. The van der Waals surface area contributed by atoms with Crippen molar-refractivity contribution >= 4 is 183 Å². The normalized spacial score (nSPS) is 13.7. The van der Waals surface area contributed by atoms with Crippen LogP contribution in [0.15, 0.2) is 146 Å². The molecule has 2 aliphatic carbocycles. The third kappa shape index (κ3) is 25.3. The maximum atomic E-state index is 13.4. The van der Waals surface area contributed by atoms with E-state index in [0.29, 0.717) is 27.3 Å². The first-order valence-electron chi connectivity index (χ1n) is 32.6. The van der Waals surface area contributed by atoms with Gasteiger partial charge >= 0.3 is 0 Å². The minimum atomic E-state index is -1.98. The first-order chi connectivity index (χ1) is 44.6. The summed E-state index contributed by atoms with van der Waals surface area (Å²) in [5.41, 5.74) is 4.26. The van der Waals surface area contributed by atoms with Gasteiger partial charge in [-0.3, -0.25) is 19.2 Å². The lowest BCUT2D eigenvalue weighted by atomic mass is 9.81. The van der Waals surface area contributed by atoms with E-state index in [1.165, 1.54) is 48.3 Å². The Kier molecular flexibility index (Phi) is 34.0. The molecule has 0 fully saturated rings. The van der Waals surface area contributed by atoms with Gasteiger partial charge in [0.1, 0.15) is 29.6 Å². The lowest BCUT2D eigenvalue weighted by Crippen LogP contribution is -3.00. The Balaban J connectivity index is 0.000000330. The van der Waals surface area contributed by atoms with Crippen molar-refractivity contribution in [3.05, 3.63) is 190 Å². The van der Waals surface area contributed by atoms with Crippen LogP contribution in [0.3, 0.4) is 0 Å². The molecule has 0 radical (unpaired) electrons. The Morgan fingerprint density at radius 2 is 0.847 bits per heavy atom. The molecule has 0 saturated carbocycles. The number of ketones is 4. The number of aromatic nitrogens is 2. The van der Waals surface area contributed by atoms with Crippen LogP contribution in [0.25, 0.3) is 31.5 Å². The molecule has 0 aliphatic heterocycles. The van der Waals surface area contributed by atoms with Crippen molar-refractivity contribution in [2.24, 2.45) is 7.05 Å². The summed E-state index contributed by atoms with van der Waals surface area (Å²) in [6, 6.07) is 33.6. The summed E-state index contributed by atoms with van der Waals surface area (Å²) in [5.74, 6) is 2.27. The van der Waals surface area contributed by atoms with Gasteiger partial charge in [-0.25, -0.2) is 9.13 Å². The van der Waals surface area contributed by atoms with Crippen molar-refractivity contribution in [1.29, 1.82) is 0 Å². The standard InChI is InChI=1S/C28H26O3Si.C14H20Br4OSi.C14H20Br2OSi.C8H15N2.C7H18OSi.C6H4O2.HI/c1-28(2,3)32(4,5)31-21-11-10-19-15-24-25(16-20(19)12-21)27(30)23-14-18-9-7-6-8-17(18)13-22(23)26(24)29;1-14(2,3)20(4,5)19-9-6-7-10(12(15)16)11(8-9)13(17)18;1-14(2,3)18(4,5)17-13-7-6-11(9-15)12(8-13)10-16;1-3-4-5-10-7-6-9(2)8-10;1-7(2,3)9(5,6)8-4;7-5-1-2-6(8)4-3-5;/h6-16H,1-5H3;6-8,12-13H,1-5H3;6-10H,1-5H3;6-8H,3-5H2,1-2H3;1-6H3;1-4H;1H/q;;;+1;;;/p-1/b;;11-9+,12-10+;;;;. The van der Waals surface area contributed by atoms with Gasteiger partial charge in [-0.05, 0) is 217 Å². The van der Waals surface area contributed by atoms with Gasteiger partial charge in [0.25, 0.3) is 0 Å². The molecule has 10 nitrogen and oxygen atoms in total. The van der Waals surface area contributed by atoms with Gasteiger partial charge in [0.2, 0.25) is 31.3 Å². The molecule has 98 heavy (non-hydrogen) atoms. The van der Waals surface area contributed by atoms with Crippen LogP contribution >= 0.6 is 95.6 Å². The van der Waals surface area contributed by atoms with E-state index in [4.69, 9.17) is 17.7 Å². The summed E-state index contributed by atoms with van der Waals surface area (Å²) in [4.78, 5) is 51.1. The number of unbranched alkanes of at least 4 members (excludes halogenated alkanes) is 1. The molecule has 0 bridgehead atoms. The SMILES string of the molecule is CC(C)(C)[Si](C)(C)Oc1ccc(=C\Br)/c(=C/Br)c1.CC(C)(C)[Si](C)(C)Oc1ccc(C(Br)Br)c(C(Br)Br)c1.CC(C)(C)[Si](C)(C)Oc1ccc2cc3c(cc2c1)C(=O)c1cc2ccccc2cc1C3=O.CCCCn1cc[n+](C)c1.CO[Si](C)(C)C(C)(C)C.O=C1C=CC(=O)C=C1.[I-]. The predicted octanol–water partition coefficient (Wildman–Crippen LogP) is 20.1. The van der Waals surface area contributed by atoms with Crippen LogP contribution in [-0.4, -0.2) is 68.1 Å². The summed E-state index contributed by atoms with van der Waals surface area (Å²) in [7, 11) is -3.06. The molecule has 6 aromatic carbocycles. The Morgan fingerprint density at radius 1 is 0.480 bits per heavy atom. The van der Waals surface area contributed by atoms with Gasteiger partial charge in [0, 0.05) is 29.4 Å². The zero-order valence-electron chi connectivity index (χ0n) is 61.6. The summed E-state index contributed by atoms with van der Waals surface area (Å²) in [6.45, 7) is 48.2. The fourth-order valence-corrected chi connectivity index (χ4v) is 14.6. The monoisotopic (exact) mass is 1900 g/mol. The molecule has 0 amide bonds. The van der Waals surface area contributed by atoms with Crippen molar-refractivity contribution in [3.8, 4) is 17.2 Å². The molecule has 1 aromatic heterocycles. The summed E-state index contributed by atoms with van der Waals surface area (Å²) in [6.07, 6.45) is 13.8. The quantitative estimate of drug-likeness (QED) is 0.0391. The van der Waals surface area contributed by atoms with E-state index in [1.54, 1.807) is 0 Å². The number of rotatable bonds is 12. The smallest absolute Gasteiger partial charge is 0.250 e. The highest BCUT2D eigenvalue weighted by molar-refractivity contribution is 9.24. The summed E-state index contributed by atoms with van der Waals surface area (Å²) >= 11 is 21.1. The Morgan fingerprint density at radius 3 is 1.19 bits per heavy atom. The molecule has 534 valence electrons. The second kappa shape index (κ2) is 37.5. The lowest BCUT2D eigenvalue weighted by Gasteiger charge is -2.36. The van der Waals surface area contributed by atoms with Crippen LogP contribution in [0.5, 0.6) is 17.2 Å². The average molecular weight is 1900 g/mol. The number of fused-ring (bicyclic) bond motifs is 4. The molecule has 21 heteroatoms. The highest BCUT2D eigenvalue weighted by atomic mass is 127. The second-order valence-corrected chi connectivity index (χ2v) is 56.5. The van der Waals surface area contributed by atoms with Crippen LogP contribution in [-0.2, 0) is 27.6 Å². The zero-order chi connectivity index (χ0) is 73.6. The van der Waals surface area contributed by atoms with E-state index >= 15 is 0 Å². The fraction of sp³-hybridized carbons (Fsp3) is 0.416. The van der Waals surface area contributed by atoms with Gasteiger partial charge < -0.3 is 41.7 Å². The van der Waals surface area contributed by atoms with Crippen molar-refractivity contribution in [2.45, 2.75) is 189 Å². The van der Waals surface area contributed by atoms with Crippen LogP contribution in [0, 0.1) is 0 Å². The van der Waals surface area contributed by atoms with Crippen molar-refractivity contribution in [3.63, 3.8) is 0 Å². The lowest BCUT2D eigenvalue weighted by molar-refractivity contribution is -0.671. The Hall–Kier alpha value is -3.21. The van der Waals surface area contributed by atoms with Crippen molar-refractivity contribution < 1.29 is 65.4 Å². The molecular formula is C77H103Br6IN2O8Si4. The third-order valence-electron chi connectivity index (χ3n) is 18.9. The number of aryl methyl sites for hydroxylation is 2. The Labute approximate surface area is 657 Å². The number of nitrogens with zero attached hydrogens (tertiary/aromatic N) is 2. The van der Waals surface area contributed by atoms with E-state index in [2.05, 4.69) is 296 Å². The first kappa shape index (κ1) is 89.0. The molecule has 0 atom stereocenters. The van der Waals surface area contributed by atoms with Gasteiger partial charge in [-0.15, -0.1) is 0 Å². The fourth-order valence-electron chi connectivity index (χ4n) is 8.50. The third-order valence-corrected chi connectivity index (χ3v) is 39.6. The van der Waals surface area contributed by atoms with Crippen LogP contribution < -0.4 is 52.3 Å². The largest absolute Gasteiger partial charge is 1.00 e. The molecule has 0 saturated heterocycles. The molecule has 0 unspecified atom stereocenters. The van der Waals surface area contributed by atoms with Gasteiger partial charge in [-0.2, -0.15) is 0 Å². The number of benzene rings is 6. The number of hydrogen-bond donors (Lipinski definition) is 0. The maximum absolute atomic E-state index is 13.4. The maximum Gasteiger partial charge on any atom is 0.250 e. The number of carbonyl (C=O) groups excluding carboxylic acids is 4. The van der Waals surface area contributed by atoms with Crippen molar-refractivity contribution in [2.75, 3.05) is 7.11 Å². The number of halogens is 7. The van der Waals surface area contributed by atoms with E-state index in [1.807, 2.05) is 96.9 Å². The minimum Gasteiger partial charge on any atom is -1.00 e. The molecule has 0 N–H and O–H groups in total.